The van der Waals surface area contributed by atoms with Gasteiger partial charge < -0.3 is 7.43 Å². The van der Waals surface area contributed by atoms with Crippen LogP contribution >= 0.6 is 15.8 Å². The Labute approximate surface area is 330 Å². The first-order valence-corrected chi connectivity index (χ1v) is 20.8. The van der Waals surface area contributed by atoms with E-state index in [-0.39, 0.29) is 36.6 Å². The van der Waals surface area contributed by atoms with Gasteiger partial charge in [-0.15, -0.1) is 0 Å². The van der Waals surface area contributed by atoms with Gasteiger partial charge in [0.15, 0.2) is 0 Å². The van der Waals surface area contributed by atoms with Crippen LogP contribution in [0.3, 0.4) is 0 Å². The minimum atomic E-state index is -1.19. The number of nitrogens with zero attached hydrogens (tertiary/aromatic N) is 3. The molecule has 6 heteroatoms. The fourth-order valence-electron chi connectivity index (χ4n) is 6.84. The van der Waals surface area contributed by atoms with Gasteiger partial charge in [0.2, 0.25) is 0 Å². The molecule has 7 rings (SSSR count). The van der Waals surface area contributed by atoms with Crippen LogP contribution in [0.1, 0.15) is 43.7 Å². The van der Waals surface area contributed by atoms with E-state index in [1.165, 1.54) is 62.7 Å². The van der Waals surface area contributed by atoms with Gasteiger partial charge in [0, 0.05) is 47.5 Å². The van der Waals surface area contributed by atoms with Gasteiger partial charge in [-0.3, -0.25) is 9.98 Å². The summed E-state index contributed by atoms with van der Waals surface area (Å²) in [6.07, 6.45) is 8.85. The summed E-state index contributed by atoms with van der Waals surface area (Å²) in [7, 11) is -2.39. The number of benzene rings is 6. The molecule has 53 heavy (non-hydrogen) atoms. The molecular formula is C47H48FeN3P2+. The molecule has 0 aromatic heterocycles. The summed E-state index contributed by atoms with van der Waals surface area (Å²) in [5.74, 6) is 0. The van der Waals surface area contributed by atoms with Crippen LogP contribution in [0.2, 0.25) is 0 Å². The van der Waals surface area contributed by atoms with Crippen LogP contribution in [0.25, 0.3) is 0 Å². The van der Waals surface area contributed by atoms with E-state index < -0.39 is 15.8 Å². The number of aliphatic imine (C=N–C) groups is 2. The zero-order valence-electron chi connectivity index (χ0n) is 30.5. The zero-order chi connectivity index (χ0) is 35.1. The maximum atomic E-state index is 7.32. The number of hydrogen-bond acceptors (Lipinski definition) is 3. The first kappa shape index (κ1) is 41.3. The Kier molecular flexibility index (Phi) is 17.1. The second kappa shape index (κ2) is 21.9. The molecular weight excluding hydrogens is 724 g/mol. The van der Waals surface area contributed by atoms with Crippen LogP contribution in [-0.2, 0) is 17.1 Å². The van der Waals surface area contributed by atoms with Crippen molar-refractivity contribution in [1.29, 1.82) is 5.26 Å². The number of rotatable bonds is 10. The van der Waals surface area contributed by atoms with Crippen molar-refractivity contribution in [3.8, 4) is 6.07 Å². The minimum Gasteiger partial charge on any atom is -0.358 e. The summed E-state index contributed by atoms with van der Waals surface area (Å²) in [5.41, 5.74) is 2.44. The third kappa shape index (κ3) is 11.0. The van der Waals surface area contributed by atoms with Gasteiger partial charge in [0.1, 0.15) is 31.8 Å². The van der Waals surface area contributed by atoms with E-state index in [0.29, 0.717) is 0 Å². The van der Waals surface area contributed by atoms with Gasteiger partial charge in [-0.2, -0.15) is 5.26 Å². The first-order chi connectivity index (χ1) is 25.3. The fourth-order valence-corrected chi connectivity index (χ4v) is 12.3. The zero-order valence-corrected chi connectivity index (χ0v) is 33.6. The van der Waals surface area contributed by atoms with Crippen LogP contribution in [0.5, 0.6) is 0 Å². The summed E-state index contributed by atoms with van der Waals surface area (Å²) < 4.78 is 0. The van der Waals surface area contributed by atoms with Crippen molar-refractivity contribution < 1.29 is 17.1 Å². The molecule has 0 radical (unpaired) electrons. The standard InChI is InChI=1S/C44H40N2P2.C2H3N.CH3.Fe/c1-5-21-37(22-6-1)47(38-23-7-2-8-24-38)43-31-17-13-19-35(43)33-45-41-29-15-16-30-42(41)46-34-36-20-14-18-32-44(36)48(39-25-9-3-10-26-39)40-27-11-4-12-28-40;1-2-3;;/h1-14,17-28,31-34,41-42H,15-16,29-30H2;1H3;1H3;/q;;-1;/p+2. The van der Waals surface area contributed by atoms with Gasteiger partial charge in [-0.25, -0.2) is 0 Å². The molecule has 0 aliphatic heterocycles. The Bertz CT molecular complexity index is 1830. The molecule has 0 heterocycles. The smallest absolute Gasteiger partial charge is 0.111 e. The molecule has 1 aliphatic carbocycles. The Hall–Kier alpha value is -4.47. The molecule has 0 N–H and O–H groups in total. The SMILES string of the molecule is C(=NC1CCCCC1N=Cc1ccccc1[PH+](c1ccccc1)c1ccccc1)c1ccccc1[PH+](c1ccccc1)c1ccccc1.CC#N.[CH3-].[Fe]. The van der Waals surface area contributed by atoms with E-state index in [1.807, 2.05) is 0 Å². The van der Waals surface area contributed by atoms with Crippen molar-refractivity contribution in [2.45, 2.75) is 44.7 Å². The Morgan fingerprint density at radius 1 is 0.491 bits per heavy atom. The van der Waals surface area contributed by atoms with E-state index in [2.05, 4.69) is 182 Å². The van der Waals surface area contributed by atoms with Gasteiger partial charge >= 0.3 is 0 Å². The molecule has 0 spiro atoms. The molecule has 0 bridgehead atoms. The van der Waals surface area contributed by atoms with Gasteiger partial charge in [-0.1, -0.05) is 110 Å². The molecule has 2 unspecified atom stereocenters. The number of nitriles is 1. The molecule has 0 saturated heterocycles. The quantitative estimate of drug-likeness (QED) is 0.0597. The van der Waals surface area contributed by atoms with E-state index in [9.17, 15) is 0 Å². The van der Waals surface area contributed by atoms with E-state index in [1.54, 1.807) is 6.07 Å². The summed E-state index contributed by atoms with van der Waals surface area (Å²) in [6, 6.07) is 63.8. The van der Waals surface area contributed by atoms with Gasteiger partial charge in [0.25, 0.3) is 0 Å². The topological polar surface area (TPSA) is 48.5 Å². The van der Waals surface area contributed by atoms with Crippen molar-refractivity contribution in [2.24, 2.45) is 9.98 Å². The molecule has 0 amide bonds. The van der Waals surface area contributed by atoms with E-state index in [0.717, 1.165) is 12.8 Å². The van der Waals surface area contributed by atoms with Crippen molar-refractivity contribution >= 4 is 60.1 Å². The third-order valence-electron chi connectivity index (χ3n) is 9.21. The maximum Gasteiger partial charge on any atom is 0.111 e. The first-order valence-electron chi connectivity index (χ1n) is 17.8. The van der Waals surface area contributed by atoms with Crippen molar-refractivity contribution in [3.05, 3.63) is 188 Å². The summed E-state index contributed by atoms with van der Waals surface area (Å²) in [4.78, 5) is 10.6. The monoisotopic (exact) mass is 772 g/mol. The molecule has 6 aromatic rings. The van der Waals surface area contributed by atoms with E-state index in [4.69, 9.17) is 15.2 Å². The van der Waals surface area contributed by atoms with Crippen molar-refractivity contribution in [1.82, 2.24) is 0 Å². The minimum absolute atomic E-state index is 0. The van der Waals surface area contributed by atoms with Crippen LogP contribution < -0.4 is 31.8 Å². The second-order valence-corrected chi connectivity index (χ2v) is 17.5. The predicted octanol–water partition coefficient (Wildman–Crippen LogP) is 8.49. The summed E-state index contributed by atoms with van der Waals surface area (Å²) in [6.45, 7) is 1.43. The van der Waals surface area contributed by atoms with Crippen LogP contribution in [0.4, 0.5) is 0 Å². The van der Waals surface area contributed by atoms with Crippen LogP contribution in [0.15, 0.2) is 180 Å². The maximum absolute atomic E-state index is 7.32. The van der Waals surface area contributed by atoms with Gasteiger partial charge in [0.05, 0.1) is 34.0 Å². The second-order valence-electron chi connectivity index (χ2n) is 12.6. The van der Waals surface area contributed by atoms with Crippen LogP contribution in [0, 0.1) is 18.8 Å². The Morgan fingerprint density at radius 2 is 0.755 bits per heavy atom. The molecule has 1 fully saturated rings. The normalized spacial score (nSPS) is 15.2. The van der Waals surface area contributed by atoms with Gasteiger partial charge in [-0.05, 0) is 85.6 Å². The third-order valence-corrected chi connectivity index (χ3v) is 14.8. The summed E-state index contributed by atoms with van der Waals surface area (Å²) >= 11 is 0. The van der Waals surface area contributed by atoms with Crippen molar-refractivity contribution in [2.75, 3.05) is 0 Å². The van der Waals surface area contributed by atoms with Crippen LogP contribution in [-0.4, -0.2) is 24.5 Å². The summed E-state index contributed by atoms with van der Waals surface area (Å²) in [5, 5.41) is 15.6. The average molecular weight is 773 g/mol. The predicted molar refractivity (Wildman–Crippen MR) is 232 cm³/mol. The largest absolute Gasteiger partial charge is 0.358 e. The average Bonchev–Trinajstić information content (AvgIpc) is 3.20. The Balaban J connectivity index is 0.00000121. The molecule has 1 aliphatic rings. The van der Waals surface area contributed by atoms with Crippen molar-refractivity contribution in [3.63, 3.8) is 0 Å². The Morgan fingerprint density at radius 3 is 1.06 bits per heavy atom. The molecule has 6 aromatic carbocycles. The number of hydrogen-bond donors (Lipinski definition) is 0. The fraction of sp³-hybridized carbons (Fsp3) is 0.149. The molecule has 2 atom stereocenters. The molecule has 1 saturated carbocycles. The molecule has 3 nitrogen and oxygen atoms in total. The van der Waals surface area contributed by atoms with E-state index >= 15 is 0 Å². The molecule has 268 valence electrons.